The minimum Gasteiger partial charge on any atom is -0.495 e. The van der Waals surface area contributed by atoms with Crippen molar-refractivity contribution in [3.05, 3.63) is 95.0 Å². The number of carbonyl (C=O) groups excluding carboxylic acids is 1. The molecule has 1 amide bonds. The van der Waals surface area contributed by atoms with Gasteiger partial charge >= 0.3 is 0 Å². The highest BCUT2D eigenvalue weighted by atomic mass is 35.5. The van der Waals surface area contributed by atoms with Crippen LogP contribution >= 0.6 is 11.6 Å². The van der Waals surface area contributed by atoms with Crippen LogP contribution in [0.3, 0.4) is 0 Å². The largest absolute Gasteiger partial charge is 0.495 e. The van der Waals surface area contributed by atoms with Crippen molar-refractivity contribution in [2.75, 3.05) is 38.2 Å². The van der Waals surface area contributed by atoms with Crippen LogP contribution in [-0.2, 0) is 4.79 Å². The molecule has 5 heteroatoms. The van der Waals surface area contributed by atoms with Gasteiger partial charge in [0.15, 0.2) is 0 Å². The molecule has 0 N–H and O–H groups in total. The fraction of sp³-hybridized carbons (Fsp3) is 0.192. The highest BCUT2D eigenvalue weighted by Crippen LogP contribution is 2.29. The molecule has 1 aliphatic heterocycles. The molecule has 0 bridgehead atoms. The molecule has 0 aromatic heterocycles. The van der Waals surface area contributed by atoms with Crippen molar-refractivity contribution < 1.29 is 9.53 Å². The number of amides is 1. The molecule has 4 rings (SSSR count). The summed E-state index contributed by atoms with van der Waals surface area (Å²) in [4.78, 5) is 17.7. The van der Waals surface area contributed by atoms with E-state index < -0.39 is 0 Å². The summed E-state index contributed by atoms with van der Waals surface area (Å²) in [6, 6.07) is 25.4. The molecular weight excluding hydrogens is 408 g/mol. The summed E-state index contributed by atoms with van der Waals surface area (Å²) in [5, 5.41) is 0.629. The molecule has 31 heavy (non-hydrogen) atoms. The lowest BCUT2D eigenvalue weighted by molar-refractivity contribution is -0.125. The maximum atomic E-state index is 13.6. The highest BCUT2D eigenvalue weighted by molar-refractivity contribution is 6.33. The molecule has 0 atom stereocenters. The van der Waals surface area contributed by atoms with E-state index in [4.69, 9.17) is 16.3 Å². The van der Waals surface area contributed by atoms with Gasteiger partial charge in [0.05, 0.1) is 12.8 Å². The van der Waals surface area contributed by atoms with Crippen LogP contribution < -0.4 is 9.64 Å². The van der Waals surface area contributed by atoms with E-state index in [9.17, 15) is 4.79 Å². The van der Waals surface area contributed by atoms with E-state index in [1.807, 2.05) is 83.8 Å². The number of para-hydroxylation sites is 2. The standard InChI is InChI=1S/C26H25ClN2O2/c1-31-25-14-8-7-13-24(25)28-15-17-29(18-16-28)26(30)22(20-9-3-2-4-10-20)19-21-11-5-6-12-23(21)27/h2-14,19H,15-18H2,1H3/b22-19+. The average molecular weight is 433 g/mol. The fourth-order valence-electron chi connectivity index (χ4n) is 3.85. The number of benzene rings is 3. The second-order valence-corrected chi connectivity index (χ2v) is 7.80. The van der Waals surface area contributed by atoms with Crippen LogP contribution in [0.1, 0.15) is 11.1 Å². The summed E-state index contributed by atoms with van der Waals surface area (Å²) < 4.78 is 5.50. The second kappa shape index (κ2) is 9.71. The van der Waals surface area contributed by atoms with Gasteiger partial charge in [0.1, 0.15) is 5.75 Å². The summed E-state index contributed by atoms with van der Waals surface area (Å²) in [5.41, 5.74) is 3.44. The Morgan fingerprint density at radius 1 is 0.871 bits per heavy atom. The van der Waals surface area contributed by atoms with E-state index in [0.29, 0.717) is 23.7 Å². The normalized spacial score (nSPS) is 14.5. The molecule has 0 unspecified atom stereocenters. The Kier molecular flexibility index (Phi) is 6.58. The Morgan fingerprint density at radius 2 is 1.52 bits per heavy atom. The van der Waals surface area contributed by atoms with Gasteiger partial charge in [0.25, 0.3) is 5.91 Å². The van der Waals surface area contributed by atoms with E-state index in [-0.39, 0.29) is 5.91 Å². The molecular formula is C26H25ClN2O2. The molecule has 0 spiro atoms. The van der Waals surface area contributed by atoms with E-state index in [0.717, 1.165) is 35.7 Å². The van der Waals surface area contributed by atoms with Crippen molar-refractivity contribution >= 4 is 34.8 Å². The second-order valence-electron chi connectivity index (χ2n) is 7.40. The Bertz CT molecular complexity index is 1070. The zero-order chi connectivity index (χ0) is 21.6. The van der Waals surface area contributed by atoms with Gasteiger partial charge in [-0.15, -0.1) is 0 Å². The van der Waals surface area contributed by atoms with Crippen LogP contribution in [0, 0.1) is 0 Å². The summed E-state index contributed by atoms with van der Waals surface area (Å²) >= 11 is 6.37. The Labute approximate surface area is 188 Å². The smallest absolute Gasteiger partial charge is 0.254 e. The number of nitrogens with zero attached hydrogens (tertiary/aromatic N) is 2. The summed E-state index contributed by atoms with van der Waals surface area (Å²) in [5.74, 6) is 0.872. The van der Waals surface area contributed by atoms with E-state index in [2.05, 4.69) is 11.0 Å². The lowest BCUT2D eigenvalue weighted by Crippen LogP contribution is -2.49. The number of methoxy groups -OCH3 is 1. The van der Waals surface area contributed by atoms with Crippen LogP contribution in [0.25, 0.3) is 11.6 Å². The average Bonchev–Trinajstić information content (AvgIpc) is 2.84. The lowest BCUT2D eigenvalue weighted by Gasteiger charge is -2.37. The first-order chi connectivity index (χ1) is 15.2. The SMILES string of the molecule is COc1ccccc1N1CCN(C(=O)/C(=C/c2ccccc2Cl)c2ccccc2)CC1. The third kappa shape index (κ3) is 4.75. The molecule has 0 aliphatic carbocycles. The predicted octanol–water partition coefficient (Wildman–Crippen LogP) is 5.24. The molecule has 0 radical (unpaired) electrons. The Balaban J connectivity index is 1.57. The summed E-state index contributed by atoms with van der Waals surface area (Å²) in [6.45, 7) is 2.79. The molecule has 1 heterocycles. The molecule has 1 aliphatic rings. The highest BCUT2D eigenvalue weighted by Gasteiger charge is 2.25. The summed E-state index contributed by atoms with van der Waals surface area (Å²) in [7, 11) is 1.68. The van der Waals surface area contributed by atoms with Gasteiger partial charge in [-0.05, 0) is 35.4 Å². The molecule has 1 saturated heterocycles. The number of hydrogen-bond acceptors (Lipinski definition) is 3. The van der Waals surface area contributed by atoms with Crippen molar-refractivity contribution in [2.45, 2.75) is 0 Å². The van der Waals surface area contributed by atoms with Crippen LogP contribution in [-0.4, -0.2) is 44.1 Å². The van der Waals surface area contributed by atoms with Gasteiger partial charge in [0, 0.05) is 36.8 Å². The van der Waals surface area contributed by atoms with Crippen LogP contribution in [0.5, 0.6) is 5.75 Å². The lowest BCUT2D eigenvalue weighted by atomic mass is 10.0. The Hall–Kier alpha value is -3.24. The number of halogens is 1. The van der Waals surface area contributed by atoms with Crippen LogP contribution in [0.2, 0.25) is 5.02 Å². The molecule has 4 nitrogen and oxygen atoms in total. The maximum Gasteiger partial charge on any atom is 0.254 e. The summed E-state index contributed by atoms with van der Waals surface area (Å²) in [6.07, 6.45) is 1.90. The first-order valence-electron chi connectivity index (χ1n) is 10.4. The molecule has 3 aromatic carbocycles. The van der Waals surface area contributed by atoms with E-state index in [1.165, 1.54) is 0 Å². The number of carbonyl (C=O) groups is 1. The van der Waals surface area contributed by atoms with Crippen LogP contribution in [0.15, 0.2) is 78.9 Å². The Morgan fingerprint density at radius 3 is 2.23 bits per heavy atom. The minimum absolute atomic E-state index is 0.0193. The number of rotatable bonds is 5. The fourth-order valence-corrected chi connectivity index (χ4v) is 4.04. The molecule has 158 valence electrons. The van der Waals surface area contributed by atoms with Gasteiger partial charge in [-0.2, -0.15) is 0 Å². The number of piperazine rings is 1. The first kappa shape index (κ1) is 21.0. The van der Waals surface area contributed by atoms with Gasteiger partial charge in [0.2, 0.25) is 0 Å². The zero-order valence-electron chi connectivity index (χ0n) is 17.5. The number of ether oxygens (including phenoxy) is 1. The third-order valence-electron chi connectivity index (χ3n) is 5.51. The topological polar surface area (TPSA) is 32.8 Å². The van der Waals surface area contributed by atoms with Crippen molar-refractivity contribution in [1.29, 1.82) is 0 Å². The maximum absolute atomic E-state index is 13.6. The van der Waals surface area contributed by atoms with Gasteiger partial charge in [-0.3, -0.25) is 4.79 Å². The first-order valence-corrected chi connectivity index (χ1v) is 10.7. The van der Waals surface area contributed by atoms with Gasteiger partial charge < -0.3 is 14.5 Å². The van der Waals surface area contributed by atoms with E-state index >= 15 is 0 Å². The third-order valence-corrected chi connectivity index (χ3v) is 5.86. The van der Waals surface area contributed by atoms with Crippen molar-refractivity contribution in [3.8, 4) is 5.75 Å². The molecule has 3 aromatic rings. The van der Waals surface area contributed by atoms with Crippen molar-refractivity contribution in [1.82, 2.24) is 4.90 Å². The quantitative estimate of drug-likeness (QED) is 0.408. The number of hydrogen-bond donors (Lipinski definition) is 0. The van der Waals surface area contributed by atoms with E-state index in [1.54, 1.807) is 7.11 Å². The van der Waals surface area contributed by atoms with Gasteiger partial charge in [-0.25, -0.2) is 0 Å². The van der Waals surface area contributed by atoms with Crippen molar-refractivity contribution in [3.63, 3.8) is 0 Å². The minimum atomic E-state index is 0.0193. The zero-order valence-corrected chi connectivity index (χ0v) is 18.3. The molecule has 0 saturated carbocycles. The predicted molar refractivity (Wildman–Crippen MR) is 128 cm³/mol. The van der Waals surface area contributed by atoms with Gasteiger partial charge in [-0.1, -0.05) is 72.3 Å². The monoisotopic (exact) mass is 432 g/mol. The van der Waals surface area contributed by atoms with Crippen LogP contribution in [0.4, 0.5) is 5.69 Å². The number of anilines is 1. The molecule has 1 fully saturated rings. The van der Waals surface area contributed by atoms with Crippen molar-refractivity contribution in [2.24, 2.45) is 0 Å².